The summed E-state index contributed by atoms with van der Waals surface area (Å²) in [7, 11) is 1.58. The molecule has 1 aliphatic rings. The van der Waals surface area contributed by atoms with E-state index in [2.05, 4.69) is 26.7 Å². The average Bonchev–Trinajstić information content (AvgIpc) is 3.36. The van der Waals surface area contributed by atoms with E-state index in [1.165, 1.54) is 11.1 Å². The Morgan fingerprint density at radius 3 is 3.00 bits per heavy atom. The third-order valence-corrected chi connectivity index (χ3v) is 5.15. The van der Waals surface area contributed by atoms with Crippen LogP contribution in [0.5, 0.6) is 0 Å². The molecule has 1 fully saturated rings. The largest absolute Gasteiger partial charge is 0.392 e. The van der Waals surface area contributed by atoms with Crippen molar-refractivity contribution in [3.63, 3.8) is 0 Å². The molecular weight excluding hydrogens is 428 g/mol. The molecule has 2 aromatic rings. The number of anilines is 3. The maximum Gasteiger partial charge on any atom is 0.328 e. The highest BCUT2D eigenvalue weighted by molar-refractivity contribution is 6.01. The van der Waals surface area contributed by atoms with Gasteiger partial charge in [0.25, 0.3) is 0 Å². The Balaban J connectivity index is 1.85. The summed E-state index contributed by atoms with van der Waals surface area (Å²) < 4.78 is 10.4. The molecule has 174 valence electrons. The van der Waals surface area contributed by atoms with Crippen LogP contribution in [-0.2, 0) is 16.1 Å². The van der Waals surface area contributed by atoms with E-state index in [4.69, 9.17) is 9.47 Å². The molecule has 2 aromatic heterocycles. The maximum absolute atomic E-state index is 13.2. The molecule has 11 nitrogen and oxygen atoms in total. The number of ether oxygens (including phenoxy) is 2. The molecule has 3 heterocycles. The van der Waals surface area contributed by atoms with Gasteiger partial charge in [0.1, 0.15) is 23.4 Å². The minimum Gasteiger partial charge on any atom is -0.392 e. The van der Waals surface area contributed by atoms with Gasteiger partial charge in [-0.1, -0.05) is 6.07 Å². The number of methoxy groups -OCH3 is 1. The molecule has 0 spiro atoms. The fourth-order valence-electron chi connectivity index (χ4n) is 3.37. The van der Waals surface area contributed by atoms with Gasteiger partial charge in [-0.2, -0.15) is 5.26 Å². The van der Waals surface area contributed by atoms with E-state index in [-0.39, 0.29) is 29.9 Å². The number of aliphatic hydroxyl groups excluding tert-OH is 1. The third kappa shape index (κ3) is 6.23. The molecule has 1 unspecified atom stereocenters. The second kappa shape index (κ2) is 11.9. The van der Waals surface area contributed by atoms with Crippen LogP contribution in [0.25, 0.3) is 0 Å². The third-order valence-electron chi connectivity index (χ3n) is 5.15. The van der Waals surface area contributed by atoms with E-state index in [0.29, 0.717) is 56.0 Å². The highest BCUT2D eigenvalue weighted by Gasteiger charge is 2.26. The molecule has 1 saturated heterocycles. The standard InChI is InChI=1S/C22H26N6O5/c1-32-7-5-24-18-8-20(25-10-17(18)9-23)27-22(31)28(11-15-4-6-33-14-15)21-3-2-16(12-29)19(13-30)26-21/h2-3,8,10,13,15,29H,4-7,11-12,14H2,1H3,(H2,24,25,27,31). The number of nitriles is 1. The summed E-state index contributed by atoms with van der Waals surface area (Å²) >= 11 is 0. The number of hydrogen-bond acceptors (Lipinski definition) is 9. The lowest BCUT2D eigenvalue weighted by molar-refractivity contribution is 0.111. The minimum absolute atomic E-state index is 0.0663. The molecule has 2 amide bonds. The van der Waals surface area contributed by atoms with E-state index in [1.807, 2.05) is 0 Å². The second-order valence-corrected chi connectivity index (χ2v) is 7.41. The summed E-state index contributed by atoms with van der Waals surface area (Å²) in [6.07, 6.45) is 2.71. The van der Waals surface area contributed by atoms with Gasteiger partial charge in [0.2, 0.25) is 0 Å². The van der Waals surface area contributed by atoms with Crippen LogP contribution in [0.15, 0.2) is 24.4 Å². The lowest BCUT2D eigenvalue weighted by atomic mass is 10.1. The van der Waals surface area contributed by atoms with Gasteiger partial charge in [0.15, 0.2) is 6.29 Å². The number of hydrogen-bond donors (Lipinski definition) is 3. The Hall–Kier alpha value is -3.59. The molecule has 0 radical (unpaired) electrons. The van der Waals surface area contributed by atoms with Crippen LogP contribution in [0.3, 0.4) is 0 Å². The van der Waals surface area contributed by atoms with E-state index < -0.39 is 6.03 Å². The monoisotopic (exact) mass is 454 g/mol. The summed E-state index contributed by atoms with van der Waals surface area (Å²) in [6.45, 7) is 2.04. The van der Waals surface area contributed by atoms with Crippen molar-refractivity contribution in [2.24, 2.45) is 5.92 Å². The molecule has 3 N–H and O–H groups in total. The number of aromatic nitrogens is 2. The Kier molecular flexibility index (Phi) is 8.65. The number of carbonyl (C=O) groups excluding carboxylic acids is 2. The van der Waals surface area contributed by atoms with Crippen molar-refractivity contribution in [2.45, 2.75) is 13.0 Å². The number of urea groups is 1. The quantitative estimate of drug-likeness (QED) is 0.361. The summed E-state index contributed by atoms with van der Waals surface area (Å²) in [5.41, 5.74) is 1.29. The lowest BCUT2D eigenvalue weighted by Crippen LogP contribution is -2.39. The first kappa shape index (κ1) is 24.1. The SMILES string of the molecule is COCCNc1cc(NC(=O)N(CC2CCOC2)c2ccc(CO)c(C=O)n2)ncc1C#N. The van der Waals surface area contributed by atoms with Gasteiger partial charge >= 0.3 is 6.03 Å². The summed E-state index contributed by atoms with van der Waals surface area (Å²) in [5.74, 6) is 0.620. The van der Waals surface area contributed by atoms with E-state index in [0.717, 1.165) is 6.42 Å². The first-order valence-corrected chi connectivity index (χ1v) is 10.4. The summed E-state index contributed by atoms with van der Waals surface area (Å²) in [4.78, 5) is 34.5. The number of nitrogens with zero attached hydrogens (tertiary/aromatic N) is 4. The highest BCUT2D eigenvalue weighted by Crippen LogP contribution is 2.23. The number of pyridine rings is 2. The van der Waals surface area contributed by atoms with Crippen LogP contribution in [0.4, 0.5) is 22.1 Å². The molecule has 0 aromatic carbocycles. The van der Waals surface area contributed by atoms with E-state index in [9.17, 15) is 20.0 Å². The van der Waals surface area contributed by atoms with Crippen LogP contribution < -0.4 is 15.5 Å². The fraction of sp³-hybridized carbons (Fsp3) is 0.409. The Bertz CT molecular complexity index is 1020. The minimum atomic E-state index is -0.497. The highest BCUT2D eigenvalue weighted by atomic mass is 16.5. The second-order valence-electron chi connectivity index (χ2n) is 7.41. The number of aldehydes is 1. The molecule has 1 aliphatic heterocycles. The molecule has 0 bridgehead atoms. The van der Waals surface area contributed by atoms with Gasteiger partial charge in [-0.3, -0.25) is 15.0 Å². The number of aliphatic hydroxyl groups is 1. The molecule has 0 saturated carbocycles. The van der Waals surface area contributed by atoms with Crippen LogP contribution in [0.1, 0.15) is 28.0 Å². The number of nitrogens with one attached hydrogen (secondary N) is 2. The lowest BCUT2D eigenvalue weighted by Gasteiger charge is -2.25. The van der Waals surface area contributed by atoms with Gasteiger partial charge in [-0.05, 0) is 12.5 Å². The van der Waals surface area contributed by atoms with Crippen molar-refractivity contribution < 1.29 is 24.2 Å². The van der Waals surface area contributed by atoms with Crippen molar-refractivity contribution in [3.8, 4) is 6.07 Å². The van der Waals surface area contributed by atoms with E-state index in [1.54, 1.807) is 25.3 Å². The zero-order chi connectivity index (χ0) is 23.6. The summed E-state index contributed by atoms with van der Waals surface area (Å²) in [5, 5.41) is 24.5. The molecule has 11 heteroatoms. The average molecular weight is 454 g/mol. The van der Waals surface area contributed by atoms with Crippen molar-refractivity contribution in [3.05, 3.63) is 41.2 Å². The molecule has 3 rings (SSSR count). The first-order valence-electron chi connectivity index (χ1n) is 10.4. The number of carbonyl (C=O) groups is 2. The van der Waals surface area contributed by atoms with Gasteiger partial charge in [-0.15, -0.1) is 0 Å². The Morgan fingerprint density at radius 1 is 1.48 bits per heavy atom. The Morgan fingerprint density at radius 2 is 2.33 bits per heavy atom. The van der Waals surface area contributed by atoms with Crippen molar-refractivity contribution >= 4 is 29.6 Å². The first-order chi connectivity index (χ1) is 16.1. The smallest absolute Gasteiger partial charge is 0.328 e. The molecular formula is C22H26N6O5. The zero-order valence-corrected chi connectivity index (χ0v) is 18.3. The number of rotatable bonds is 10. The maximum atomic E-state index is 13.2. The van der Waals surface area contributed by atoms with Crippen molar-refractivity contribution in [2.75, 3.05) is 55.6 Å². The van der Waals surface area contributed by atoms with Crippen LogP contribution in [0, 0.1) is 17.2 Å². The predicted octanol–water partition coefficient (Wildman–Crippen LogP) is 1.79. The molecule has 0 aliphatic carbocycles. The topological polar surface area (TPSA) is 150 Å². The van der Waals surface area contributed by atoms with Gasteiger partial charge in [-0.25, -0.2) is 14.8 Å². The van der Waals surface area contributed by atoms with E-state index >= 15 is 0 Å². The molecule has 33 heavy (non-hydrogen) atoms. The van der Waals surface area contributed by atoms with Gasteiger partial charge in [0, 0.05) is 50.6 Å². The van der Waals surface area contributed by atoms with Crippen LogP contribution in [-0.4, -0.2) is 67.4 Å². The van der Waals surface area contributed by atoms with Crippen LogP contribution >= 0.6 is 0 Å². The Labute approximate surface area is 191 Å². The predicted molar refractivity (Wildman–Crippen MR) is 120 cm³/mol. The fourth-order valence-corrected chi connectivity index (χ4v) is 3.37. The van der Waals surface area contributed by atoms with Crippen LogP contribution in [0.2, 0.25) is 0 Å². The van der Waals surface area contributed by atoms with Crippen molar-refractivity contribution in [1.29, 1.82) is 5.26 Å². The normalized spacial score (nSPS) is 15.0. The van der Waals surface area contributed by atoms with Gasteiger partial charge < -0.3 is 19.9 Å². The van der Waals surface area contributed by atoms with Crippen molar-refractivity contribution in [1.82, 2.24) is 9.97 Å². The summed E-state index contributed by atoms with van der Waals surface area (Å²) in [6, 6.07) is 6.28. The van der Waals surface area contributed by atoms with Gasteiger partial charge in [0.05, 0.1) is 31.1 Å². The molecule has 1 atom stereocenters. The zero-order valence-electron chi connectivity index (χ0n) is 18.3. The number of amides is 2.